The summed E-state index contributed by atoms with van der Waals surface area (Å²) in [4.78, 5) is 20.6. The van der Waals surface area contributed by atoms with Gasteiger partial charge in [0.2, 0.25) is 5.95 Å². The minimum atomic E-state index is -0.0862. The lowest BCUT2D eigenvalue weighted by molar-refractivity contribution is 0.362. The normalized spacial score (nSPS) is 16.1. The third-order valence-electron chi connectivity index (χ3n) is 5.54. The number of aromatic nitrogens is 4. The van der Waals surface area contributed by atoms with Crippen molar-refractivity contribution in [2.45, 2.75) is 35.2 Å². The van der Waals surface area contributed by atoms with Gasteiger partial charge in [-0.25, -0.2) is 9.97 Å². The molecule has 0 radical (unpaired) electrons. The summed E-state index contributed by atoms with van der Waals surface area (Å²) in [6.45, 7) is 3.89. The molecule has 1 fully saturated rings. The molecule has 4 aromatic rings. The molecule has 30 heavy (non-hydrogen) atoms. The molecule has 3 N–H and O–H groups in total. The average Bonchev–Trinajstić information content (AvgIpc) is 3.18. The minimum Gasteiger partial charge on any atom is -0.342 e. The van der Waals surface area contributed by atoms with Crippen molar-refractivity contribution >= 4 is 29.0 Å². The first-order valence-corrected chi connectivity index (χ1v) is 11.0. The summed E-state index contributed by atoms with van der Waals surface area (Å²) >= 11 is 1.60. The van der Waals surface area contributed by atoms with E-state index in [4.69, 9.17) is 15.7 Å². The molecule has 0 saturated carbocycles. The summed E-state index contributed by atoms with van der Waals surface area (Å²) in [5.41, 5.74) is 9.92. The van der Waals surface area contributed by atoms with Crippen LogP contribution in [0.4, 0.5) is 5.95 Å². The molecule has 0 aliphatic carbocycles. The molecule has 0 unspecified atom stereocenters. The highest BCUT2D eigenvalue weighted by Gasteiger charge is 2.27. The number of anilines is 1. The molecule has 0 atom stereocenters. The van der Waals surface area contributed by atoms with Gasteiger partial charge < -0.3 is 15.6 Å². The standard InChI is InChI=1S/C23H24N6S/c1-23(24)10-12-29(13-11-23)22-27-20-21(28-22)26-19(15-25-20)30-18-9-5-8-17(14-18)16-6-3-2-4-7-16/h2-9,14-15H,10-13,24H2,1H3,(H,25,26,27,28). The maximum absolute atomic E-state index is 6.25. The van der Waals surface area contributed by atoms with Crippen LogP contribution in [0.1, 0.15) is 19.8 Å². The van der Waals surface area contributed by atoms with Crippen LogP contribution in [0.15, 0.2) is 70.7 Å². The second-order valence-electron chi connectivity index (χ2n) is 8.08. The van der Waals surface area contributed by atoms with E-state index in [1.807, 2.05) is 6.07 Å². The third kappa shape index (κ3) is 4.04. The molecule has 2 aromatic heterocycles. The maximum Gasteiger partial charge on any atom is 0.206 e. The van der Waals surface area contributed by atoms with Gasteiger partial charge in [-0.2, -0.15) is 4.98 Å². The largest absolute Gasteiger partial charge is 0.342 e. The Morgan fingerprint density at radius 3 is 2.57 bits per heavy atom. The van der Waals surface area contributed by atoms with Crippen LogP contribution in [0, 0.1) is 0 Å². The molecule has 152 valence electrons. The highest BCUT2D eigenvalue weighted by molar-refractivity contribution is 7.99. The van der Waals surface area contributed by atoms with Crippen molar-refractivity contribution in [3.63, 3.8) is 0 Å². The van der Waals surface area contributed by atoms with Crippen LogP contribution >= 0.6 is 11.8 Å². The number of hydrogen-bond acceptors (Lipinski definition) is 6. The van der Waals surface area contributed by atoms with Gasteiger partial charge in [0, 0.05) is 23.5 Å². The summed E-state index contributed by atoms with van der Waals surface area (Å²) in [5.74, 6) is 0.828. The van der Waals surface area contributed by atoms with E-state index >= 15 is 0 Å². The van der Waals surface area contributed by atoms with Gasteiger partial charge in [-0.15, -0.1) is 0 Å². The molecule has 0 bridgehead atoms. The van der Waals surface area contributed by atoms with Gasteiger partial charge >= 0.3 is 0 Å². The number of nitrogens with two attached hydrogens (primary N) is 1. The van der Waals surface area contributed by atoms with Crippen LogP contribution < -0.4 is 10.6 Å². The molecule has 3 heterocycles. The fourth-order valence-corrected chi connectivity index (χ4v) is 4.49. The third-order valence-corrected chi connectivity index (χ3v) is 6.44. The molecule has 1 aliphatic heterocycles. The first-order chi connectivity index (χ1) is 14.6. The van der Waals surface area contributed by atoms with Crippen LogP contribution in [0.25, 0.3) is 22.4 Å². The number of nitrogens with zero attached hydrogens (tertiary/aromatic N) is 4. The zero-order valence-corrected chi connectivity index (χ0v) is 17.7. The summed E-state index contributed by atoms with van der Waals surface area (Å²) in [6, 6.07) is 18.9. The summed E-state index contributed by atoms with van der Waals surface area (Å²) < 4.78 is 0. The Morgan fingerprint density at radius 1 is 1.00 bits per heavy atom. The van der Waals surface area contributed by atoms with Crippen LogP contribution in [0.3, 0.4) is 0 Å². The fourth-order valence-electron chi connectivity index (χ4n) is 3.68. The van der Waals surface area contributed by atoms with Crippen molar-refractivity contribution in [3.8, 4) is 11.1 Å². The monoisotopic (exact) mass is 416 g/mol. The maximum atomic E-state index is 6.25. The molecule has 1 saturated heterocycles. The SMILES string of the molecule is CC1(N)CCN(c2nc3nc(Sc4cccc(-c5ccccc5)c4)cnc3[nH]2)CC1. The number of H-pyrrole nitrogens is 1. The second kappa shape index (κ2) is 7.74. The Labute approximate surface area is 180 Å². The molecule has 0 amide bonds. The van der Waals surface area contributed by atoms with Crippen molar-refractivity contribution in [1.29, 1.82) is 0 Å². The summed E-state index contributed by atoms with van der Waals surface area (Å²) in [7, 11) is 0. The number of fused-ring (bicyclic) bond motifs is 1. The quantitative estimate of drug-likeness (QED) is 0.510. The molecule has 6 nitrogen and oxygen atoms in total. The van der Waals surface area contributed by atoms with Crippen LogP contribution in [0.2, 0.25) is 0 Å². The number of nitrogens with one attached hydrogen (secondary N) is 1. The van der Waals surface area contributed by atoms with Gasteiger partial charge in [-0.3, -0.25) is 0 Å². The molecule has 0 spiro atoms. The molecule has 2 aromatic carbocycles. The van der Waals surface area contributed by atoms with Gasteiger partial charge in [-0.05, 0) is 43.0 Å². The van der Waals surface area contributed by atoms with Gasteiger partial charge in [0.25, 0.3) is 0 Å². The Balaban J connectivity index is 1.36. The van der Waals surface area contributed by atoms with E-state index in [0.717, 1.165) is 41.8 Å². The molecule has 5 rings (SSSR count). The smallest absolute Gasteiger partial charge is 0.206 e. The van der Waals surface area contributed by atoms with E-state index < -0.39 is 0 Å². The summed E-state index contributed by atoms with van der Waals surface area (Å²) in [5, 5.41) is 0.832. The van der Waals surface area contributed by atoms with E-state index in [-0.39, 0.29) is 5.54 Å². The number of imidazole rings is 1. The van der Waals surface area contributed by atoms with Crippen LogP contribution in [-0.4, -0.2) is 38.6 Å². The lowest BCUT2D eigenvalue weighted by Crippen LogP contribution is -2.48. The first-order valence-electron chi connectivity index (χ1n) is 10.2. The van der Waals surface area contributed by atoms with Crippen LogP contribution in [-0.2, 0) is 0 Å². The molecule has 7 heteroatoms. The van der Waals surface area contributed by atoms with Gasteiger partial charge in [0.1, 0.15) is 5.03 Å². The Hall–Kier alpha value is -2.90. The average molecular weight is 417 g/mol. The second-order valence-corrected chi connectivity index (χ2v) is 9.17. The minimum absolute atomic E-state index is 0.0862. The van der Waals surface area contributed by atoms with E-state index in [9.17, 15) is 0 Å². The molecular formula is C23H24N6S. The predicted molar refractivity (Wildman–Crippen MR) is 122 cm³/mol. The van der Waals surface area contributed by atoms with Crippen molar-refractivity contribution < 1.29 is 0 Å². The van der Waals surface area contributed by atoms with Gasteiger partial charge in [-0.1, -0.05) is 54.2 Å². The van der Waals surface area contributed by atoms with E-state index in [1.54, 1.807) is 18.0 Å². The van der Waals surface area contributed by atoms with E-state index in [0.29, 0.717) is 11.3 Å². The molecule has 1 aliphatic rings. The van der Waals surface area contributed by atoms with Crippen molar-refractivity contribution in [1.82, 2.24) is 19.9 Å². The first kappa shape index (κ1) is 19.1. The van der Waals surface area contributed by atoms with Crippen molar-refractivity contribution in [2.75, 3.05) is 18.0 Å². The van der Waals surface area contributed by atoms with Gasteiger partial charge in [0.15, 0.2) is 11.3 Å². The Morgan fingerprint density at radius 2 is 1.77 bits per heavy atom. The zero-order chi connectivity index (χ0) is 20.6. The highest BCUT2D eigenvalue weighted by Crippen LogP contribution is 2.31. The number of benzene rings is 2. The molecular weight excluding hydrogens is 392 g/mol. The van der Waals surface area contributed by atoms with E-state index in [2.05, 4.69) is 70.3 Å². The summed E-state index contributed by atoms with van der Waals surface area (Å²) in [6.07, 6.45) is 3.70. The van der Waals surface area contributed by atoms with E-state index in [1.165, 1.54) is 11.1 Å². The number of aromatic amines is 1. The van der Waals surface area contributed by atoms with Crippen LogP contribution in [0.5, 0.6) is 0 Å². The Bertz CT molecular complexity index is 1160. The van der Waals surface area contributed by atoms with Crippen molar-refractivity contribution in [2.24, 2.45) is 5.73 Å². The number of piperidine rings is 1. The lowest BCUT2D eigenvalue weighted by atomic mass is 9.91. The highest BCUT2D eigenvalue weighted by atomic mass is 32.2. The lowest BCUT2D eigenvalue weighted by Gasteiger charge is -2.36. The fraction of sp³-hybridized carbons (Fsp3) is 0.261. The predicted octanol–water partition coefficient (Wildman–Crippen LogP) is 4.49. The van der Waals surface area contributed by atoms with Gasteiger partial charge in [0.05, 0.1) is 6.20 Å². The van der Waals surface area contributed by atoms with Crippen molar-refractivity contribution in [3.05, 3.63) is 60.8 Å². The zero-order valence-electron chi connectivity index (χ0n) is 16.9. The number of hydrogen-bond donors (Lipinski definition) is 2. The number of rotatable bonds is 4. The topological polar surface area (TPSA) is 83.7 Å². The Kier molecular flexibility index (Phi) is 4.92.